The lowest BCUT2D eigenvalue weighted by atomic mass is 9.87. The summed E-state index contributed by atoms with van der Waals surface area (Å²) >= 11 is 0. The van der Waals surface area contributed by atoms with Crippen LogP contribution in [-0.2, 0) is 30.6 Å². The highest BCUT2D eigenvalue weighted by Crippen LogP contribution is 2.37. The van der Waals surface area contributed by atoms with E-state index in [1.807, 2.05) is 13.8 Å². The molecule has 0 aromatic heterocycles. The van der Waals surface area contributed by atoms with Gasteiger partial charge in [-0.15, -0.1) is 0 Å². The maximum Gasteiger partial charge on any atom is 0.416 e. The molecular weight excluding hydrogens is 479 g/mol. The molecule has 2 N–H and O–H groups in total. The molecular formula is C21H26F3N3O6S. The zero-order valence-corrected chi connectivity index (χ0v) is 19.4. The van der Waals surface area contributed by atoms with Crippen LogP contribution in [0.3, 0.4) is 0 Å². The Hall–Kier alpha value is -2.67. The molecule has 1 spiro atoms. The van der Waals surface area contributed by atoms with Gasteiger partial charge < -0.3 is 15.3 Å². The van der Waals surface area contributed by atoms with Crippen LogP contribution in [0.2, 0.25) is 0 Å². The maximum atomic E-state index is 13.0. The van der Waals surface area contributed by atoms with Crippen molar-refractivity contribution in [1.29, 1.82) is 0 Å². The minimum absolute atomic E-state index is 0.0178. The van der Waals surface area contributed by atoms with E-state index in [4.69, 9.17) is 4.84 Å². The first-order chi connectivity index (χ1) is 15.7. The van der Waals surface area contributed by atoms with Gasteiger partial charge in [0.25, 0.3) is 5.91 Å². The number of hydrogen-bond acceptors (Lipinski definition) is 6. The number of piperidine rings is 1. The molecule has 9 nitrogen and oxygen atoms in total. The van der Waals surface area contributed by atoms with Crippen LogP contribution < -0.4 is 5.32 Å². The lowest BCUT2D eigenvalue weighted by Crippen LogP contribution is -2.48. The SMILES string of the molecule is CC(C)CC(NC(=O)C1=NOC2(CCN(S(=O)(=O)c3cccc(C(F)(F)F)c3)CC2)C1)C(=O)O. The van der Waals surface area contributed by atoms with Gasteiger partial charge >= 0.3 is 12.1 Å². The predicted molar refractivity (Wildman–Crippen MR) is 114 cm³/mol. The van der Waals surface area contributed by atoms with E-state index < -0.39 is 50.2 Å². The van der Waals surface area contributed by atoms with Crippen LogP contribution in [0.25, 0.3) is 0 Å². The highest BCUT2D eigenvalue weighted by molar-refractivity contribution is 7.89. The standard InChI is InChI=1S/C21H26F3N3O6S/c1-13(2)10-16(19(29)30)25-18(28)17-12-20(33-26-17)6-8-27(9-7-20)34(31,32)15-5-3-4-14(11-15)21(22,23)24/h3-5,11,13,16H,6-10,12H2,1-2H3,(H,25,28)(H,29,30). The number of alkyl halides is 3. The van der Waals surface area contributed by atoms with E-state index in [1.165, 1.54) is 0 Å². The Morgan fingerprint density at radius 2 is 1.91 bits per heavy atom. The number of rotatable bonds is 7. The number of carboxylic acid groups (broad SMARTS) is 1. The number of halogens is 3. The van der Waals surface area contributed by atoms with Gasteiger partial charge in [0.05, 0.1) is 10.5 Å². The molecule has 1 fully saturated rings. The number of amides is 1. The van der Waals surface area contributed by atoms with Gasteiger partial charge in [-0.25, -0.2) is 13.2 Å². The van der Waals surface area contributed by atoms with Gasteiger partial charge in [-0.05, 0) is 30.5 Å². The lowest BCUT2D eigenvalue weighted by Gasteiger charge is -2.36. The quantitative estimate of drug-likeness (QED) is 0.587. The maximum absolute atomic E-state index is 13.0. The molecule has 188 valence electrons. The van der Waals surface area contributed by atoms with Crippen molar-refractivity contribution in [1.82, 2.24) is 9.62 Å². The molecule has 2 aliphatic rings. The third-order valence-corrected chi connectivity index (χ3v) is 7.74. The van der Waals surface area contributed by atoms with Crippen molar-refractivity contribution in [3.05, 3.63) is 29.8 Å². The van der Waals surface area contributed by atoms with Gasteiger partial charge in [-0.3, -0.25) is 4.79 Å². The fraction of sp³-hybridized carbons (Fsp3) is 0.571. The monoisotopic (exact) mass is 505 g/mol. The summed E-state index contributed by atoms with van der Waals surface area (Å²) in [5, 5.41) is 15.5. The summed E-state index contributed by atoms with van der Waals surface area (Å²) in [5.41, 5.74) is -1.96. The Bertz CT molecular complexity index is 1080. The Balaban J connectivity index is 1.63. The van der Waals surface area contributed by atoms with Crippen LogP contribution in [-0.4, -0.2) is 60.2 Å². The number of hydrogen-bond donors (Lipinski definition) is 2. The molecule has 1 saturated heterocycles. The van der Waals surface area contributed by atoms with Crippen LogP contribution in [0.1, 0.15) is 45.1 Å². The van der Waals surface area contributed by atoms with E-state index in [2.05, 4.69) is 10.5 Å². The highest BCUT2D eigenvalue weighted by atomic mass is 32.2. The minimum atomic E-state index is -4.67. The molecule has 1 unspecified atom stereocenters. The Morgan fingerprint density at radius 3 is 2.47 bits per heavy atom. The third kappa shape index (κ3) is 5.69. The molecule has 1 amide bonds. The van der Waals surface area contributed by atoms with Crippen LogP contribution in [0, 0.1) is 5.92 Å². The second kappa shape index (κ2) is 9.53. The molecule has 2 aliphatic heterocycles. The molecule has 3 rings (SSSR count). The number of sulfonamides is 1. The Morgan fingerprint density at radius 1 is 1.26 bits per heavy atom. The average molecular weight is 506 g/mol. The molecule has 13 heteroatoms. The van der Waals surface area contributed by atoms with E-state index in [0.717, 1.165) is 22.5 Å². The predicted octanol–water partition coefficient (Wildman–Crippen LogP) is 2.62. The molecule has 0 radical (unpaired) electrons. The fourth-order valence-corrected chi connectivity index (χ4v) is 5.45. The third-order valence-electron chi connectivity index (χ3n) is 5.84. The number of carboxylic acids is 1. The number of nitrogens with zero attached hydrogens (tertiary/aromatic N) is 2. The zero-order chi connectivity index (χ0) is 25.3. The molecule has 0 bridgehead atoms. The van der Waals surface area contributed by atoms with Crippen molar-refractivity contribution in [2.75, 3.05) is 13.1 Å². The van der Waals surface area contributed by atoms with Gasteiger partial charge in [0.2, 0.25) is 10.0 Å². The van der Waals surface area contributed by atoms with Crippen molar-refractivity contribution in [3.63, 3.8) is 0 Å². The molecule has 34 heavy (non-hydrogen) atoms. The summed E-state index contributed by atoms with van der Waals surface area (Å²) in [6, 6.07) is 2.49. The first-order valence-electron chi connectivity index (χ1n) is 10.7. The molecule has 0 aliphatic carbocycles. The second-order valence-electron chi connectivity index (χ2n) is 8.91. The summed E-state index contributed by atoms with van der Waals surface area (Å²) < 4.78 is 65.8. The number of oxime groups is 1. The molecule has 1 aromatic carbocycles. The van der Waals surface area contributed by atoms with Gasteiger partial charge in [-0.2, -0.15) is 17.5 Å². The summed E-state index contributed by atoms with van der Waals surface area (Å²) in [4.78, 5) is 28.9. The topological polar surface area (TPSA) is 125 Å². The molecule has 0 saturated carbocycles. The normalized spacial score (nSPS) is 19.5. The summed E-state index contributed by atoms with van der Waals surface area (Å²) in [5.74, 6) is -1.79. The summed E-state index contributed by atoms with van der Waals surface area (Å²) in [6.45, 7) is 3.59. The van der Waals surface area contributed by atoms with Crippen molar-refractivity contribution in [3.8, 4) is 0 Å². The Labute approximate surface area is 195 Å². The van der Waals surface area contributed by atoms with Gasteiger partial charge in [-0.1, -0.05) is 25.1 Å². The first-order valence-corrected chi connectivity index (χ1v) is 12.1. The van der Waals surface area contributed by atoms with E-state index >= 15 is 0 Å². The van der Waals surface area contributed by atoms with E-state index in [-0.39, 0.29) is 50.4 Å². The number of aliphatic carboxylic acids is 1. The summed E-state index contributed by atoms with van der Waals surface area (Å²) in [7, 11) is -4.16. The first kappa shape index (κ1) is 25.9. The largest absolute Gasteiger partial charge is 0.480 e. The van der Waals surface area contributed by atoms with Crippen LogP contribution in [0.15, 0.2) is 34.3 Å². The van der Waals surface area contributed by atoms with Gasteiger partial charge in [0.15, 0.2) is 0 Å². The minimum Gasteiger partial charge on any atom is -0.480 e. The average Bonchev–Trinajstić information content (AvgIpc) is 3.16. The van der Waals surface area contributed by atoms with Crippen LogP contribution in [0.4, 0.5) is 13.2 Å². The van der Waals surface area contributed by atoms with Crippen LogP contribution in [0.5, 0.6) is 0 Å². The van der Waals surface area contributed by atoms with Crippen molar-refractivity contribution >= 4 is 27.6 Å². The number of carbonyl (C=O) groups is 2. The number of carbonyl (C=O) groups excluding carboxylic acids is 1. The van der Waals surface area contributed by atoms with Gasteiger partial charge in [0, 0.05) is 32.4 Å². The van der Waals surface area contributed by atoms with Crippen molar-refractivity contribution < 1.29 is 41.1 Å². The fourth-order valence-electron chi connectivity index (χ4n) is 3.96. The zero-order valence-electron chi connectivity index (χ0n) is 18.6. The van der Waals surface area contributed by atoms with E-state index in [0.29, 0.717) is 6.07 Å². The highest BCUT2D eigenvalue weighted by Gasteiger charge is 2.46. The number of nitrogens with one attached hydrogen (secondary N) is 1. The van der Waals surface area contributed by atoms with Crippen molar-refractivity contribution in [2.24, 2.45) is 11.1 Å². The van der Waals surface area contributed by atoms with Crippen molar-refractivity contribution in [2.45, 2.75) is 62.2 Å². The second-order valence-corrected chi connectivity index (χ2v) is 10.9. The smallest absolute Gasteiger partial charge is 0.416 e. The molecule has 1 atom stereocenters. The molecule has 2 heterocycles. The lowest BCUT2D eigenvalue weighted by molar-refractivity contribution is -0.141. The molecule has 1 aromatic rings. The number of benzene rings is 1. The summed E-state index contributed by atoms with van der Waals surface area (Å²) in [6.07, 6.45) is -4.02. The van der Waals surface area contributed by atoms with E-state index in [1.54, 1.807) is 0 Å². The van der Waals surface area contributed by atoms with Crippen LogP contribution >= 0.6 is 0 Å². The van der Waals surface area contributed by atoms with Gasteiger partial charge in [0.1, 0.15) is 17.4 Å². The van der Waals surface area contributed by atoms with E-state index in [9.17, 15) is 36.3 Å². The Kier molecular flexibility index (Phi) is 7.27.